The molecule has 0 spiro atoms. The van der Waals surface area contributed by atoms with E-state index in [0.717, 1.165) is 29.8 Å². The van der Waals surface area contributed by atoms with Gasteiger partial charge in [0.25, 0.3) is 0 Å². The van der Waals surface area contributed by atoms with Gasteiger partial charge in [-0.05, 0) is 24.8 Å². The number of carbonyl (C=O) groups is 2. The minimum absolute atomic E-state index is 0.0398. The normalized spacial score (nSPS) is 18.2. The van der Waals surface area contributed by atoms with Crippen molar-refractivity contribution >= 4 is 29.4 Å². The van der Waals surface area contributed by atoms with Crippen LogP contribution >= 0.6 is 11.8 Å². The van der Waals surface area contributed by atoms with E-state index in [1.54, 1.807) is 28.6 Å². The molecule has 0 aliphatic carbocycles. The average Bonchev–Trinajstić information content (AvgIpc) is 2.56. The van der Waals surface area contributed by atoms with Crippen LogP contribution in [0.2, 0.25) is 0 Å². The molecule has 6 heteroatoms. The van der Waals surface area contributed by atoms with Gasteiger partial charge in [-0.3, -0.25) is 4.79 Å². The maximum atomic E-state index is 12.7. The molecule has 0 radical (unpaired) electrons. The molecule has 2 rings (SSSR count). The molecule has 1 atom stereocenters. The molecule has 0 bridgehead atoms. The maximum absolute atomic E-state index is 12.7. The number of unbranched alkanes of at least 4 members (excludes halogenated alkanes) is 1. The second kappa shape index (κ2) is 8.24. The molecule has 0 aromatic heterocycles. The lowest BCUT2D eigenvalue weighted by Gasteiger charge is -2.39. The third kappa shape index (κ3) is 4.19. The molecule has 1 fully saturated rings. The summed E-state index contributed by atoms with van der Waals surface area (Å²) in [7, 11) is 1.81. The van der Waals surface area contributed by atoms with Crippen molar-refractivity contribution in [2.45, 2.75) is 37.1 Å². The maximum Gasteiger partial charge on any atom is 0.322 e. The van der Waals surface area contributed by atoms with Gasteiger partial charge in [0, 0.05) is 25.0 Å². The Hall–Kier alpha value is -1.69. The lowest BCUT2D eigenvalue weighted by Crippen LogP contribution is -2.58. The van der Waals surface area contributed by atoms with Crippen LogP contribution in [0.3, 0.4) is 0 Å². The standard InChI is InChI=1S/C17H25N3O2S/c1-4-5-9-14-16(21)19(2)11-12-20(14)17(22)18-13-8-6-7-10-15(13)23-3/h6-8,10,14H,4-5,9,11-12H2,1-3H3,(H,18,22)/t14-/m1/s1. The van der Waals surface area contributed by atoms with Crippen LogP contribution in [-0.4, -0.2) is 54.2 Å². The van der Waals surface area contributed by atoms with Gasteiger partial charge in [-0.2, -0.15) is 0 Å². The van der Waals surface area contributed by atoms with Crippen LogP contribution in [0.4, 0.5) is 10.5 Å². The number of carbonyl (C=O) groups excluding carboxylic acids is 2. The number of para-hydroxylation sites is 1. The Labute approximate surface area is 142 Å². The van der Waals surface area contributed by atoms with Crippen LogP contribution in [0.1, 0.15) is 26.2 Å². The lowest BCUT2D eigenvalue weighted by molar-refractivity contribution is -0.138. The van der Waals surface area contributed by atoms with Gasteiger partial charge >= 0.3 is 6.03 Å². The zero-order valence-corrected chi connectivity index (χ0v) is 14.9. The quantitative estimate of drug-likeness (QED) is 0.840. The lowest BCUT2D eigenvalue weighted by atomic mass is 10.0. The van der Waals surface area contributed by atoms with Crippen molar-refractivity contribution < 1.29 is 9.59 Å². The number of benzene rings is 1. The number of urea groups is 1. The van der Waals surface area contributed by atoms with E-state index in [4.69, 9.17) is 0 Å². The van der Waals surface area contributed by atoms with Crippen LogP contribution in [0.5, 0.6) is 0 Å². The summed E-state index contributed by atoms with van der Waals surface area (Å²) in [6.07, 6.45) is 4.65. The molecular formula is C17H25N3O2S. The van der Waals surface area contributed by atoms with Crippen molar-refractivity contribution in [2.75, 3.05) is 31.7 Å². The Morgan fingerprint density at radius 1 is 1.35 bits per heavy atom. The fourth-order valence-corrected chi connectivity index (χ4v) is 3.32. The van der Waals surface area contributed by atoms with Crippen LogP contribution < -0.4 is 5.32 Å². The molecule has 1 aliphatic heterocycles. The zero-order valence-electron chi connectivity index (χ0n) is 14.0. The van der Waals surface area contributed by atoms with Crippen molar-refractivity contribution in [3.05, 3.63) is 24.3 Å². The molecule has 1 aromatic carbocycles. The van der Waals surface area contributed by atoms with Crippen LogP contribution in [-0.2, 0) is 4.79 Å². The minimum atomic E-state index is -0.352. The number of rotatable bonds is 5. The summed E-state index contributed by atoms with van der Waals surface area (Å²) in [6.45, 7) is 3.25. The Balaban J connectivity index is 2.13. The van der Waals surface area contributed by atoms with Gasteiger partial charge in [0.05, 0.1) is 5.69 Å². The second-order valence-electron chi connectivity index (χ2n) is 5.74. The molecule has 5 nitrogen and oxygen atoms in total. The van der Waals surface area contributed by atoms with Gasteiger partial charge in [-0.25, -0.2) is 4.79 Å². The monoisotopic (exact) mass is 335 g/mol. The van der Waals surface area contributed by atoms with E-state index in [0.29, 0.717) is 13.1 Å². The summed E-state index contributed by atoms with van der Waals surface area (Å²) in [5.41, 5.74) is 0.797. The summed E-state index contributed by atoms with van der Waals surface area (Å²) in [5, 5.41) is 2.97. The number of nitrogens with one attached hydrogen (secondary N) is 1. The van der Waals surface area contributed by atoms with Gasteiger partial charge in [0.1, 0.15) is 6.04 Å². The summed E-state index contributed by atoms with van der Waals surface area (Å²) >= 11 is 1.59. The first-order valence-corrected chi connectivity index (χ1v) is 9.26. The smallest absolute Gasteiger partial charge is 0.322 e. The van der Waals surface area contributed by atoms with Crippen molar-refractivity contribution in [1.29, 1.82) is 0 Å². The van der Waals surface area contributed by atoms with E-state index in [1.165, 1.54) is 0 Å². The SMILES string of the molecule is CCCC[C@@H]1C(=O)N(C)CCN1C(=O)Nc1ccccc1SC. The highest BCUT2D eigenvalue weighted by atomic mass is 32.2. The van der Waals surface area contributed by atoms with Gasteiger partial charge in [-0.1, -0.05) is 31.9 Å². The van der Waals surface area contributed by atoms with Crippen molar-refractivity contribution in [2.24, 2.45) is 0 Å². The van der Waals surface area contributed by atoms with Crippen LogP contribution in [0.15, 0.2) is 29.2 Å². The van der Waals surface area contributed by atoms with E-state index in [1.807, 2.05) is 30.5 Å². The number of hydrogen-bond acceptors (Lipinski definition) is 3. The number of amides is 3. The third-order valence-electron chi connectivity index (χ3n) is 4.15. The Morgan fingerprint density at radius 3 is 2.78 bits per heavy atom. The highest BCUT2D eigenvalue weighted by Gasteiger charge is 2.35. The Morgan fingerprint density at radius 2 is 2.09 bits per heavy atom. The molecule has 0 saturated carbocycles. The largest absolute Gasteiger partial charge is 0.342 e. The molecular weight excluding hydrogens is 310 g/mol. The molecule has 3 amide bonds. The number of anilines is 1. The predicted molar refractivity (Wildman–Crippen MR) is 94.9 cm³/mol. The van der Waals surface area contributed by atoms with E-state index in [-0.39, 0.29) is 18.0 Å². The zero-order chi connectivity index (χ0) is 16.8. The molecule has 1 aromatic rings. The first-order chi connectivity index (χ1) is 11.1. The summed E-state index contributed by atoms with van der Waals surface area (Å²) in [4.78, 5) is 29.5. The Bertz CT molecular complexity index is 565. The van der Waals surface area contributed by atoms with E-state index < -0.39 is 0 Å². The van der Waals surface area contributed by atoms with Gasteiger partial charge < -0.3 is 15.1 Å². The molecule has 1 aliphatic rings. The van der Waals surface area contributed by atoms with Gasteiger partial charge in [0.15, 0.2) is 0 Å². The average molecular weight is 335 g/mol. The molecule has 126 valence electrons. The summed E-state index contributed by atoms with van der Waals surface area (Å²) in [6, 6.07) is 7.18. The highest BCUT2D eigenvalue weighted by molar-refractivity contribution is 7.98. The molecule has 1 heterocycles. The third-order valence-corrected chi connectivity index (χ3v) is 4.95. The van der Waals surface area contributed by atoms with Crippen LogP contribution in [0.25, 0.3) is 0 Å². The predicted octanol–water partition coefficient (Wildman–Crippen LogP) is 3.27. The Kier molecular flexibility index (Phi) is 6.33. The first-order valence-electron chi connectivity index (χ1n) is 8.04. The van der Waals surface area contributed by atoms with Crippen LogP contribution in [0, 0.1) is 0 Å². The summed E-state index contributed by atoms with van der Waals surface area (Å²) in [5.74, 6) is 0.0398. The molecule has 0 unspecified atom stereocenters. The minimum Gasteiger partial charge on any atom is -0.342 e. The highest BCUT2D eigenvalue weighted by Crippen LogP contribution is 2.26. The van der Waals surface area contributed by atoms with Gasteiger partial charge in [0.2, 0.25) is 5.91 Å². The first kappa shape index (κ1) is 17.7. The number of likely N-dealkylation sites (N-methyl/N-ethyl adjacent to an activating group) is 1. The molecule has 1 saturated heterocycles. The van der Waals surface area contributed by atoms with Crippen molar-refractivity contribution in [1.82, 2.24) is 9.80 Å². The number of thioether (sulfide) groups is 1. The van der Waals surface area contributed by atoms with Gasteiger partial charge in [-0.15, -0.1) is 11.8 Å². The molecule has 23 heavy (non-hydrogen) atoms. The molecule has 1 N–H and O–H groups in total. The number of hydrogen-bond donors (Lipinski definition) is 1. The summed E-state index contributed by atoms with van der Waals surface area (Å²) < 4.78 is 0. The fraction of sp³-hybridized carbons (Fsp3) is 0.529. The van der Waals surface area contributed by atoms with E-state index >= 15 is 0 Å². The fourth-order valence-electron chi connectivity index (χ4n) is 2.77. The van der Waals surface area contributed by atoms with Crippen molar-refractivity contribution in [3.8, 4) is 0 Å². The van der Waals surface area contributed by atoms with Crippen molar-refractivity contribution in [3.63, 3.8) is 0 Å². The second-order valence-corrected chi connectivity index (χ2v) is 6.59. The van der Waals surface area contributed by atoms with E-state index in [9.17, 15) is 9.59 Å². The van der Waals surface area contributed by atoms with E-state index in [2.05, 4.69) is 12.2 Å². The number of nitrogens with zero attached hydrogens (tertiary/aromatic N) is 2. The number of piperazine rings is 1. The topological polar surface area (TPSA) is 52.7 Å².